The van der Waals surface area contributed by atoms with E-state index >= 15 is 0 Å². The molecule has 1 amide bonds. The molecule has 98 valence electrons. The molecule has 18 heavy (non-hydrogen) atoms. The number of amides is 1. The summed E-state index contributed by atoms with van der Waals surface area (Å²) in [5, 5.41) is 2.55. The first-order valence-electron chi connectivity index (χ1n) is 5.56. The molecule has 0 saturated carbocycles. The Hall–Kier alpha value is -2.17. The predicted molar refractivity (Wildman–Crippen MR) is 69.1 cm³/mol. The second-order valence-corrected chi connectivity index (χ2v) is 3.38. The lowest BCUT2D eigenvalue weighted by Gasteiger charge is -2.10. The number of carbonyl (C=O) groups excluding carboxylic acids is 1. The predicted octanol–water partition coefficient (Wildman–Crippen LogP) is 3.18. The smallest absolute Gasteiger partial charge is 0.411 e. The summed E-state index contributed by atoms with van der Waals surface area (Å²) in [7, 11) is 2.86. The van der Waals surface area contributed by atoms with Gasteiger partial charge >= 0.3 is 6.09 Å². The molecule has 5 nitrogen and oxygen atoms in total. The number of allylic oxidation sites excluding steroid dienone is 1. The molecule has 0 fully saturated rings. The van der Waals surface area contributed by atoms with Crippen molar-refractivity contribution < 1.29 is 19.0 Å². The summed E-state index contributed by atoms with van der Waals surface area (Å²) in [4.78, 5) is 11.1. The van der Waals surface area contributed by atoms with E-state index in [1.54, 1.807) is 31.6 Å². The van der Waals surface area contributed by atoms with Gasteiger partial charge in [0.15, 0.2) is 11.5 Å². The fraction of sp³-hybridized carbons (Fsp3) is 0.308. The summed E-state index contributed by atoms with van der Waals surface area (Å²) >= 11 is 0. The largest absolute Gasteiger partial charge is 0.493 e. The average Bonchev–Trinajstić information content (AvgIpc) is 2.39. The molecular weight excluding hydrogens is 234 g/mol. The highest BCUT2D eigenvalue weighted by Gasteiger charge is 2.07. The number of benzene rings is 1. The van der Waals surface area contributed by atoms with Crippen LogP contribution in [0.4, 0.5) is 10.5 Å². The summed E-state index contributed by atoms with van der Waals surface area (Å²) in [6.07, 6.45) is 3.80. The zero-order valence-electron chi connectivity index (χ0n) is 10.7. The van der Waals surface area contributed by atoms with Crippen molar-refractivity contribution in [3.05, 3.63) is 30.5 Å². The van der Waals surface area contributed by atoms with Crippen LogP contribution < -0.4 is 14.8 Å². The van der Waals surface area contributed by atoms with Gasteiger partial charge in [-0.15, -0.1) is 0 Å². The Kier molecular flexibility index (Phi) is 5.57. The van der Waals surface area contributed by atoms with Gasteiger partial charge in [-0.2, -0.15) is 0 Å². The van der Waals surface area contributed by atoms with E-state index in [1.807, 2.05) is 13.0 Å². The second kappa shape index (κ2) is 7.21. The van der Waals surface area contributed by atoms with Crippen molar-refractivity contribution in [2.75, 3.05) is 19.5 Å². The summed E-state index contributed by atoms with van der Waals surface area (Å²) < 4.78 is 15.1. The monoisotopic (exact) mass is 251 g/mol. The SMILES string of the molecule is CC/C=C/Oc1cc(NC(=O)OC)ccc1OC. The van der Waals surface area contributed by atoms with E-state index in [-0.39, 0.29) is 0 Å². The van der Waals surface area contributed by atoms with Gasteiger partial charge in [-0.3, -0.25) is 5.32 Å². The molecule has 0 aliphatic carbocycles. The van der Waals surface area contributed by atoms with Gasteiger partial charge in [-0.25, -0.2) is 4.79 Å². The maximum atomic E-state index is 11.1. The molecule has 0 heterocycles. The Bertz CT molecular complexity index is 429. The summed E-state index contributed by atoms with van der Waals surface area (Å²) in [6, 6.07) is 5.07. The molecule has 0 aromatic heterocycles. The van der Waals surface area contributed by atoms with Crippen molar-refractivity contribution in [3.63, 3.8) is 0 Å². The summed E-state index contributed by atoms with van der Waals surface area (Å²) in [6.45, 7) is 2.01. The molecule has 0 bridgehead atoms. The van der Waals surface area contributed by atoms with E-state index in [9.17, 15) is 4.79 Å². The summed E-state index contributed by atoms with van der Waals surface area (Å²) in [5.74, 6) is 1.11. The molecule has 5 heteroatoms. The average molecular weight is 251 g/mol. The highest BCUT2D eigenvalue weighted by Crippen LogP contribution is 2.30. The van der Waals surface area contributed by atoms with Gasteiger partial charge in [0.05, 0.1) is 20.5 Å². The Labute approximate surface area is 106 Å². The highest BCUT2D eigenvalue weighted by molar-refractivity contribution is 5.85. The van der Waals surface area contributed by atoms with Gasteiger partial charge in [-0.1, -0.05) is 6.92 Å². The number of methoxy groups -OCH3 is 2. The highest BCUT2D eigenvalue weighted by atomic mass is 16.5. The van der Waals surface area contributed by atoms with Gasteiger partial charge in [0.1, 0.15) is 0 Å². The zero-order valence-corrected chi connectivity index (χ0v) is 10.7. The quantitative estimate of drug-likeness (QED) is 0.816. The molecule has 1 rings (SSSR count). The Morgan fingerprint density at radius 3 is 2.72 bits per heavy atom. The molecule has 0 spiro atoms. The van der Waals surface area contributed by atoms with Crippen LogP contribution in [0.15, 0.2) is 30.5 Å². The molecule has 1 N–H and O–H groups in total. The van der Waals surface area contributed by atoms with Crippen LogP contribution in [0.3, 0.4) is 0 Å². The molecule has 0 atom stereocenters. The Balaban J connectivity index is 2.87. The van der Waals surface area contributed by atoms with Crippen molar-refractivity contribution in [1.82, 2.24) is 0 Å². The third-order valence-electron chi connectivity index (χ3n) is 2.12. The number of ether oxygens (including phenoxy) is 3. The van der Waals surface area contributed by atoms with E-state index < -0.39 is 6.09 Å². The van der Waals surface area contributed by atoms with Gasteiger partial charge < -0.3 is 14.2 Å². The molecule has 1 aromatic carbocycles. The van der Waals surface area contributed by atoms with Gasteiger partial charge in [-0.05, 0) is 24.6 Å². The van der Waals surface area contributed by atoms with Crippen LogP contribution in [0, 0.1) is 0 Å². The number of hydrogen-bond donors (Lipinski definition) is 1. The van der Waals surface area contributed by atoms with Gasteiger partial charge in [0, 0.05) is 11.8 Å². The standard InChI is InChI=1S/C13H17NO4/c1-4-5-8-18-12-9-10(14-13(15)17-3)6-7-11(12)16-2/h5-9H,4H2,1-3H3,(H,14,15)/b8-5+. The maximum absolute atomic E-state index is 11.1. The molecule has 0 aliphatic heterocycles. The van der Waals surface area contributed by atoms with Crippen LogP contribution in [0.5, 0.6) is 11.5 Å². The fourth-order valence-electron chi connectivity index (χ4n) is 1.23. The Morgan fingerprint density at radius 1 is 1.33 bits per heavy atom. The number of nitrogens with one attached hydrogen (secondary N) is 1. The first-order valence-corrected chi connectivity index (χ1v) is 5.56. The molecule has 0 unspecified atom stereocenters. The molecule has 0 radical (unpaired) electrons. The zero-order chi connectivity index (χ0) is 13.4. The van der Waals surface area contributed by atoms with E-state index in [1.165, 1.54) is 7.11 Å². The van der Waals surface area contributed by atoms with Crippen molar-refractivity contribution in [1.29, 1.82) is 0 Å². The second-order valence-electron chi connectivity index (χ2n) is 3.38. The van der Waals surface area contributed by atoms with Crippen LogP contribution >= 0.6 is 0 Å². The van der Waals surface area contributed by atoms with Crippen molar-refractivity contribution in [2.24, 2.45) is 0 Å². The minimum absolute atomic E-state index is 0.524. The van der Waals surface area contributed by atoms with Crippen molar-refractivity contribution in [3.8, 4) is 11.5 Å². The van der Waals surface area contributed by atoms with Crippen LogP contribution in [0.1, 0.15) is 13.3 Å². The molecule has 0 saturated heterocycles. The van der Waals surface area contributed by atoms with E-state index in [0.29, 0.717) is 17.2 Å². The van der Waals surface area contributed by atoms with E-state index in [2.05, 4.69) is 10.1 Å². The number of rotatable bonds is 5. The van der Waals surface area contributed by atoms with E-state index in [4.69, 9.17) is 9.47 Å². The first kappa shape index (κ1) is 13.9. The van der Waals surface area contributed by atoms with E-state index in [0.717, 1.165) is 6.42 Å². The van der Waals surface area contributed by atoms with Crippen LogP contribution in [0.25, 0.3) is 0 Å². The third-order valence-corrected chi connectivity index (χ3v) is 2.12. The molecule has 0 aliphatic rings. The lowest BCUT2D eigenvalue weighted by molar-refractivity contribution is 0.187. The molecular formula is C13H17NO4. The summed E-state index contributed by atoms with van der Waals surface area (Å²) in [5.41, 5.74) is 0.572. The topological polar surface area (TPSA) is 56.8 Å². The number of hydrogen-bond acceptors (Lipinski definition) is 4. The van der Waals surface area contributed by atoms with Gasteiger partial charge in [0.2, 0.25) is 0 Å². The van der Waals surface area contributed by atoms with Crippen LogP contribution in [-0.2, 0) is 4.74 Å². The third kappa shape index (κ3) is 4.01. The van der Waals surface area contributed by atoms with Crippen LogP contribution in [0.2, 0.25) is 0 Å². The van der Waals surface area contributed by atoms with Crippen molar-refractivity contribution >= 4 is 11.8 Å². The van der Waals surface area contributed by atoms with Crippen molar-refractivity contribution in [2.45, 2.75) is 13.3 Å². The molecule has 1 aromatic rings. The normalized spacial score (nSPS) is 10.2. The van der Waals surface area contributed by atoms with Gasteiger partial charge in [0.25, 0.3) is 0 Å². The number of anilines is 1. The Morgan fingerprint density at radius 2 is 2.11 bits per heavy atom. The minimum atomic E-state index is -0.532. The first-order chi connectivity index (χ1) is 8.71. The fourth-order valence-corrected chi connectivity index (χ4v) is 1.23. The maximum Gasteiger partial charge on any atom is 0.411 e. The van der Waals surface area contributed by atoms with Crippen LogP contribution in [-0.4, -0.2) is 20.3 Å². The lowest BCUT2D eigenvalue weighted by atomic mass is 10.3. The minimum Gasteiger partial charge on any atom is -0.493 e. The lowest BCUT2D eigenvalue weighted by Crippen LogP contribution is -2.10. The number of carbonyl (C=O) groups is 1.